The summed E-state index contributed by atoms with van der Waals surface area (Å²) in [5.74, 6) is -0.918. The average molecular weight is 299 g/mol. The Morgan fingerprint density at radius 1 is 1.09 bits per heavy atom. The Hall–Kier alpha value is -2.17. The molecule has 4 nitrogen and oxygen atoms in total. The molecular weight excluding hydrogens is 278 g/mol. The first-order valence-corrected chi connectivity index (χ1v) is 7.30. The number of hydrogen-bond donors (Lipinski definition) is 3. The topological polar surface area (TPSA) is 69.6 Å². The Balaban J connectivity index is 1.80. The van der Waals surface area contributed by atoms with Crippen LogP contribution in [-0.2, 0) is 12.1 Å². The number of hydrogen-bond acceptors (Lipinski definition) is 3. The number of aromatic carboxylic acids is 1. The molecule has 0 saturated carbocycles. The van der Waals surface area contributed by atoms with Crippen LogP contribution in [0.1, 0.15) is 34.8 Å². The minimum absolute atomic E-state index is 0.288. The van der Waals surface area contributed by atoms with Crippen LogP contribution < -0.4 is 5.32 Å². The van der Waals surface area contributed by atoms with Gasteiger partial charge in [0.05, 0.1) is 11.2 Å². The van der Waals surface area contributed by atoms with Crippen molar-refractivity contribution in [3.05, 3.63) is 71.3 Å². The molecule has 0 heterocycles. The van der Waals surface area contributed by atoms with Gasteiger partial charge in [0.25, 0.3) is 0 Å². The molecule has 0 aliphatic rings. The molecular formula is C18H21NO3. The Labute approximate surface area is 130 Å². The molecule has 0 aromatic heterocycles. The summed E-state index contributed by atoms with van der Waals surface area (Å²) in [6, 6.07) is 16.4. The van der Waals surface area contributed by atoms with E-state index < -0.39 is 11.6 Å². The molecule has 0 bridgehead atoms. The van der Waals surface area contributed by atoms with Crippen molar-refractivity contribution in [2.24, 2.45) is 0 Å². The molecule has 1 unspecified atom stereocenters. The third-order valence-electron chi connectivity index (χ3n) is 3.71. The summed E-state index contributed by atoms with van der Waals surface area (Å²) < 4.78 is 0. The van der Waals surface area contributed by atoms with Crippen molar-refractivity contribution in [3.8, 4) is 0 Å². The molecule has 1 atom stereocenters. The van der Waals surface area contributed by atoms with Gasteiger partial charge in [0.15, 0.2) is 0 Å². The summed E-state index contributed by atoms with van der Waals surface area (Å²) in [4.78, 5) is 10.8. The molecule has 2 rings (SSSR count). The van der Waals surface area contributed by atoms with Gasteiger partial charge in [-0.05, 0) is 43.1 Å². The van der Waals surface area contributed by atoms with Crippen LogP contribution in [0.2, 0.25) is 0 Å². The van der Waals surface area contributed by atoms with Crippen LogP contribution in [-0.4, -0.2) is 22.7 Å². The maximum absolute atomic E-state index is 10.8. The third-order valence-corrected chi connectivity index (χ3v) is 3.71. The highest BCUT2D eigenvalue weighted by molar-refractivity contribution is 5.87. The van der Waals surface area contributed by atoms with E-state index in [1.165, 1.54) is 0 Å². The van der Waals surface area contributed by atoms with Gasteiger partial charge in [-0.2, -0.15) is 0 Å². The zero-order chi connectivity index (χ0) is 16.0. The van der Waals surface area contributed by atoms with Crippen molar-refractivity contribution in [3.63, 3.8) is 0 Å². The molecule has 0 amide bonds. The van der Waals surface area contributed by atoms with E-state index in [-0.39, 0.29) is 5.56 Å². The largest absolute Gasteiger partial charge is 0.478 e. The summed E-state index contributed by atoms with van der Waals surface area (Å²) >= 11 is 0. The highest BCUT2D eigenvalue weighted by atomic mass is 16.4. The molecule has 0 fully saturated rings. The first-order valence-electron chi connectivity index (χ1n) is 7.30. The van der Waals surface area contributed by atoms with Crippen LogP contribution in [0, 0.1) is 0 Å². The quantitative estimate of drug-likeness (QED) is 0.688. The third kappa shape index (κ3) is 4.41. The molecule has 22 heavy (non-hydrogen) atoms. The predicted molar refractivity (Wildman–Crippen MR) is 85.7 cm³/mol. The van der Waals surface area contributed by atoms with E-state index in [1.807, 2.05) is 37.3 Å². The van der Waals surface area contributed by atoms with Gasteiger partial charge < -0.3 is 15.5 Å². The van der Waals surface area contributed by atoms with Gasteiger partial charge >= 0.3 is 5.97 Å². The molecule has 0 radical (unpaired) electrons. The number of rotatable bonds is 7. The maximum Gasteiger partial charge on any atom is 0.335 e. The number of carboxylic acids is 1. The molecule has 0 aliphatic heterocycles. The predicted octanol–water partition coefficient (Wildman–Crippen LogP) is 2.77. The van der Waals surface area contributed by atoms with Gasteiger partial charge in [0.2, 0.25) is 0 Å². The van der Waals surface area contributed by atoms with E-state index in [0.29, 0.717) is 19.5 Å². The van der Waals surface area contributed by atoms with Crippen molar-refractivity contribution >= 4 is 5.97 Å². The fourth-order valence-corrected chi connectivity index (χ4v) is 2.27. The lowest BCUT2D eigenvalue weighted by atomic mass is 9.92. The second-order valence-electron chi connectivity index (χ2n) is 5.57. The molecule has 3 N–H and O–H groups in total. The molecule has 0 spiro atoms. The standard InChI is InChI=1S/C18H21NO3/c1-18(22,16-5-3-2-4-6-16)11-12-19-13-14-7-9-15(10-8-14)17(20)21/h2-10,19,22H,11-13H2,1H3,(H,20,21). The monoisotopic (exact) mass is 299 g/mol. The second-order valence-corrected chi connectivity index (χ2v) is 5.57. The fourth-order valence-electron chi connectivity index (χ4n) is 2.27. The Bertz CT molecular complexity index is 606. The first-order chi connectivity index (χ1) is 10.5. The van der Waals surface area contributed by atoms with E-state index in [4.69, 9.17) is 5.11 Å². The van der Waals surface area contributed by atoms with Gasteiger partial charge in [-0.3, -0.25) is 0 Å². The second kappa shape index (κ2) is 7.20. The van der Waals surface area contributed by atoms with Gasteiger partial charge in [-0.15, -0.1) is 0 Å². The van der Waals surface area contributed by atoms with Crippen LogP contribution in [0.4, 0.5) is 0 Å². The van der Waals surface area contributed by atoms with Crippen LogP contribution >= 0.6 is 0 Å². The Kier molecular flexibility index (Phi) is 5.31. The SMILES string of the molecule is CC(O)(CCNCc1ccc(C(=O)O)cc1)c1ccccc1. The summed E-state index contributed by atoms with van der Waals surface area (Å²) in [5, 5.41) is 22.6. The summed E-state index contributed by atoms with van der Waals surface area (Å²) in [6.07, 6.45) is 0.601. The van der Waals surface area contributed by atoms with Crippen molar-refractivity contribution in [2.75, 3.05) is 6.54 Å². The molecule has 4 heteroatoms. The van der Waals surface area contributed by atoms with E-state index in [0.717, 1.165) is 11.1 Å². The molecule has 0 aliphatic carbocycles. The van der Waals surface area contributed by atoms with Crippen LogP contribution in [0.3, 0.4) is 0 Å². The number of aliphatic hydroxyl groups is 1. The fraction of sp³-hybridized carbons (Fsp3) is 0.278. The van der Waals surface area contributed by atoms with Crippen molar-refractivity contribution in [2.45, 2.75) is 25.5 Å². The van der Waals surface area contributed by atoms with Crippen LogP contribution in [0.15, 0.2) is 54.6 Å². The van der Waals surface area contributed by atoms with Crippen LogP contribution in [0.5, 0.6) is 0 Å². The zero-order valence-corrected chi connectivity index (χ0v) is 12.6. The van der Waals surface area contributed by atoms with Crippen molar-refractivity contribution in [1.29, 1.82) is 0 Å². The zero-order valence-electron chi connectivity index (χ0n) is 12.6. The number of carboxylic acid groups (broad SMARTS) is 1. The molecule has 116 valence electrons. The molecule has 2 aromatic carbocycles. The van der Waals surface area contributed by atoms with E-state index in [2.05, 4.69) is 5.32 Å². The summed E-state index contributed by atoms with van der Waals surface area (Å²) in [7, 11) is 0. The Morgan fingerprint density at radius 2 is 1.73 bits per heavy atom. The normalized spacial score (nSPS) is 13.5. The molecule has 0 saturated heterocycles. The summed E-state index contributed by atoms with van der Waals surface area (Å²) in [6.45, 7) is 3.12. The number of carbonyl (C=O) groups is 1. The first kappa shape index (κ1) is 16.2. The lowest BCUT2D eigenvalue weighted by molar-refractivity contribution is 0.0479. The number of benzene rings is 2. The smallest absolute Gasteiger partial charge is 0.335 e. The Morgan fingerprint density at radius 3 is 2.32 bits per heavy atom. The lowest BCUT2D eigenvalue weighted by Crippen LogP contribution is -2.27. The van der Waals surface area contributed by atoms with Crippen molar-refractivity contribution < 1.29 is 15.0 Å². The summed E-state index contributed by atoms with van der Waals surface area (Å²) in [5.41, 5.74) is 1.35. The maximum atomic E-state index is 10.8. The van der Waals surface area contributed by atoms with Crippen molar-refractivity contribution in [1.82, 2.24) is 5.32 Å². The minimum Gasteiger partial charge on any atom is -0.478 e. The van der Waals surface area contributed by atoms with E-state index in [1.54, 1.807) is 24.3 Å². The van der Waals surface area contributed by atoms with Crippen LogP contribution in [0.25, 0.3) is 0 Å². The van der Waals surface area contributed by atoms with Gasteiger partial charge in [-0.25, -0.2) is 4.79 Å². The highest BCUT2D eigenvalue weighted by Crippen LogP contribution is 2.23. The number of nitrogens with one attached hydrogen (secondary N) is 1. The molecule has 2 aromatic rings. The minimum atomic E-state index is -0.918. The highest BCUT2D eigenvalue weighted by Gasteiger charge is 2.21. The lowest BCUT2D eigenvalue weighted by Gasteiger charge is -2.24. The van der Waals surface area contributed by atoms with E-state index >= 15 is 0 Å². The van der Waals surface area contributed by atoms with Gasteiger partial charge in [0.1, 0.15) is 0 Å². The van der Waals surface area contributed by atoms with Gasteiger partial charge in [0, 0.05) is 6.54 Å². The average Bonchev–Trinajstić information content (AvgIpc) is 2.53. The van der Waals surface area contributed by atoms with Gasteiger partial charge in [-0.1, -0.05) is 42.5 Å². The van der Waals surface area contributed by atoms with E-state index in [9.17, 15) is 9.90 Å².